The Bertz CT molecular complexity index is 1380. The van der Waals surface area contributed by atoms with Gasteiger partial charge in [0.05, 0.1) is 15.1 Å². The second-order valence-corrected chi connectivity index (χ2v) is 10.2. The topological polar surface area (TPSA) is 149 Å². The molecule has 0 atom stereocenters. The fraction of sp³-hybridized carbons (Fsp3) is 0.182. The summed E-state index contributed by atoms with van der Waals surface area (Å²) in [7, 11) is -3.44. The Labute approximate surface area is 199 Å². The van der Waals surface area contributed by atoms with Gasteiger partial charge in [0.1, 0.15) is 11.4 Å². The first-order chi connectivity index (χ1) is 15.5. The quantitative estimate of drug-likeness (QED) is 0.342. The van der Waals surface area contributed by atoms with Crippen LogP contribution in [0.1, 0.15) is 31.2 Å². The summed E-state index contributed by atoms with van der Waals surface area (Å²) >= 11 is 3.21. The normalized spacial score (nSPS) is 13.2. The molecule has 0 spiro atoms. The molecule has 0 fully saturated rings. The maximum absolute atomic E-state index is 11.9. The Kier molecular flexibility index (Phi) is 7.13. The fourth-order valence-electron chi connectivity index (χ4n) is 2.91. The molecule has 33 heavy (non-hydrogen) atoms. The van der Waals surface area contributed by atoms with Crippen LogP contribution in [0, 0.1) is 0 Å². The summed E-state index contributed by atoms with van der Waals surface area (Å²) in [4.78, 5) is 16.2. The lowest BCUT2D eigenvalue weighted by atomic mass is 10.0. The van der Waals surface area contributed by atoms with Crippen LogP contribution >= 0.6 is 15.9 Å². The van der Waals surface area contributed by atoms with E-state index in [2.05, 4.69) is 31.1 Å². The van der Waals surface area contributed by atoms with Crippen molar-refractivity contribution in [3.63, 3.8) is 0 Å². The van der Waals surface area contributed by atoms with Crippen LogP contribution in [0.4, 0.5) is 5.69 Å². The molecule has 2 aromatic carbocycles. The molecule has 0 aliphatic rings. The zero-order chi connectivity index (χ0) is 24.3. The number of aromatic nitrogens is 2. The minimum Gasteiger partial charge on any atom is -0.477 e. The number of carboxylic acid groups (broad SMARTS) is 1. The second-order valence-electron chi connectivity index (χ2n) is 7.42. The molecule has 0 saturated carbocycles. The lowest BCUT2D eigenvalue weighted by Crippen LogP contribution is -2.16. The summed E-state index contributed by atoms with van der Waals surface area (Å²) in [6.07, 6.45) is 1.10. The van der Waals surface area contributed by atoms with Crippen molar-refractivity contribution >= 4 is 43.1 Å². The number of aliphatic imine (C=N–C) groups is 1. The van der Waals surface area contributed by atoms with Crippen molar-refractivity contribution in [2.24, 2.45) is 10.7 Å². The maximum atomic E-state index is 11.9. The van der Waals surface area contributed by atoms with Crippen LogP contribution in [-0.2, 0) is 14.6 Å². The van der Waals surface area contributed by atoms with Crippen LogP contribution in [0.2, 0.25) is 0 Å². The van der Waals surface area contributed by atoms with Crippen molar-refractivity contribution in [3.05, 3.63) is 70.2 Å². The summed E-state index contributed by atoms with van der Waals surface area (Å²) in [5.41, 5.74) is 7.15. The Morgan fingerprint density at radius 1 is 1.15 bits per heavy atom. The zero-order valence-electron chi connectivity index (χ0n) is 18.0. The summed E-state index contributed by atoms with van der Waals surface area (Å²) in [5.74, 6) is -1.27. The predicted octanol–water partition coefficient (Wildman–Crippen LogP) is 4.03. The average Bonchev–Trinajstić information content (AvgIpc) is 3.26. The van der Waals surface area contributed by atoms with E-state index in [1.54, 1.807) is 24.3 Å². The van der Waals surface area contributed by atoms with Gasteiger partial charge >= 0.3 is 5.97 Å². The standard InChI is InChI=1S/C22H21BrN4O5S/c1-12(2)15-9-4-5-10-16(15)25-19(17(23)18(24)22(28)29)21-27-26-20(32-21)13-7-6-8-14(11-13)33(3,30)31/h4-12H,24H2,1-3H3,(H,28,29)/b18-17+,25-19?. The molecule has 0 bridgehead atoms. The Morgan fingerprint density at radius 2 is 1.85 bits per heavy atom. The SMILES string of the molecule is CC(C)c1ccccc1N=C(/C(Br)=C(\N)C(=O)O)c1nnc(-c2cccc(S(C)(=O)=O)c2)o1. The number of carboxylic acids is 1. The molecule has 3 rings (SSSR count). The number of halogens is 1. The fourth-order valence-corrected chi connectivity index (χ4v) is 4.00. The van der Waals surface area contributed by atoms with Crippen molar-refractivity contribution in [1.82, 2.24) is 10.2 Å². The van der Waals surface area contributed by atoms with E-state index in [0.717, 1.165) is 11.8 Å². The highest BCUT2D eigenvalue weighted by Crippen LogP contribution is 2.30. The van der Waals surface area contributed by atoms with Gasteiger partial charge in [0.2, 0.25) is 5.89 Å². The molecule has 3 aromatic rings. The molecule has 11 heteroatoms. The van der Waals surface area contributed by atoms with E-state index in [1.807, 2.05) is 26.0 Å². The highest BCUT2D eigenvalue weighted by atomic mass is 79.9. The van der Waals surface area contributed by atoms with Crippen LogP contribution in [-0.4, -0.2) is 41.7 Å². The smallest absolute Gasteiger partial charge is 0.353 e. The highest BCUT2D eigenvalue weighted by molar-refractivity contribution is 9.12. The first-order valence-corrected chi connectivity index (χ1v) is 12.4. The van der Waals surface area contributed by atoms with E-state index >= 15 is 0 Å². The first-order valence-electron chi connectivity index (χ1n) is 9.70. The van der Waals surface area contributed by atoms with E-state index in [1.165, 1.54) is 12.1 Å². The van der Waals surface area contributed by atoms with Crippen molar-refractivity contribution in [2.45, 2.75) is 24.7 Å². The second kappa shape index (κ2) is 9.67. The number of rotatable bonds is 7. The van der Waals surface area contributed by atoms with Gasteiger partial charge in [-0.2, -0.15) is 0 Å². The van der Waals surface area contributed by atoms with Crippen LogP contribution < -0.4 is 5.73 Å². The van der Waals surface area contributed by atoms with E-state index in [4.69, 9.17) is 10.2 Å². The van der Waals surface area contributed by atoms with E-state index in [-0.39, 0.29) is 32.8 Å². The maximum Gasteiger partial charge on any atom is 0.353 e. The van der Waals surface area contributed by atoms with Crippen molar-refractivity contribution in [3.8, 4) is 11.5 Å². The Morgan fingerprint density at radius 3 is 2.48 bits per heavy atom. The lowest BCUT2D eigenvalue weighted by molar-refractivity contribution is -0.132. The molecule has 1 aromatic heterocycles. The van der Waals surface area contributed by atoms with E-state index in [0.29, 0.717) is 11.3 Å². The van der Waals surface area contributed by atoms with Gasteiger partial charge in [-0.05, 0) is 51.7 Å². The van der Waals surface area contributed by atoms with Crippen molar-refractivity contribution in [1.29, 1.82) is 0 Å². The number of nitrogens with two attached hydrogens (primary N) is 1. The summed E-state index contributed by atoms with van der Waals surface area (Å²) < 4.78 is 29.5. The minimum absolute atomic E-state index is 0.0287. The number of aliphatic carboxylic acids is 1. The average molecular weight is 533 g/mol. The van der Waals surface area contributed by atoms with Crippen molar-refractivity contribution in [2.75, 3.05) is 6.26 Å². The molecule has 3 N–H and O–H groups in total. The summed E-state index contributed by atoms with van der Waals surface area (Å²) in [5, 5.41) is 17.4. The van der Waals surface area contributed by atoms with Crippen LogP contribution in [0.25, 0.3) is 11.5 Å². The molecule has 0 radical (unpaired) electrons. The van der Waals surface area contributed by atoms with Gasteiger partial charge in [0.25, 0.3) is 5.89 Å². The molecule has 0 aliphatic carbocycles. The van der Waals surface area contributed by atoms with Crippen molar-refractivity contribution < 1.29 is 22.7 Å². The van der Waals surface area contributed by atoms with Gasteiger partial charge in [0.15, 0.2) is 9.84 Å². The monoisotopic (exact) mass is 532 g/mol. The number of hydrogen-bond acceptors (Lipinski definition) is 8. The van der Waals surface area contributed by atoms with Gasteiger partial charge in [-0.25, -0.2) is 18.2 Å². The third-order valence-corrected chi connectivity index (χ3v) is 6.52. The largest absolute Gasteiger partial charge is 0.477 e. The predicted molar refractivity (Wildman–Crippen MR) is 127 cm³/mol. The van der Waals surface area contributed by atoms with Gasteiger partial charge < -0.3 is 15.3 Å². The lowest BCUT2D eigenvalue weighted by Gasteiger charge is -2.10. The molecule has 0 saturated heterocycles. The number of allylic oxidation sites excluding steroid dienone is 1. The van der Waals surface area contributed by atoms with Gasteiger partial charge in [-0.1, -0.05) is 38.1 Å². The Hall–Kier alpha value is -3.31. The van der Waals surface area contributed by atoms with E-state index in [9.17, 15) is 18.3 Å². The minimum atomic E-state index is -3.44. The third kappa shape index (κ3) is 5.55. The summed E-state index contributed by atoms with van der Waals surface area (Å²) in [6.45, 7) is 4.01. The number of nitrogens with zero attached hydrogens (tertiary/aromatic N) is 3. The third-order valence-electron chi connectivity index (χ3n) is 4.60. The molecule has 0 unspecified atom stereocenters. The van der Waals surface area contributed by atoms with Crippen LogP contribution in [0.15, 0.2) is 73.0 Å². The van der Waals surface area contributed by atoms with E-state index < -0.39 is 21.5 Å². The van der Waals surface area contributed by atoms with Gasteiger partial charge in [0, 0.05) is 11.8 Å². The number of benzene rings is 2. The van der Waals surface area contributed by atoms with Crippen LogP contribution in [0.5, 0.6) is 0 Å². The molecule has 0 amide bonds. The van der Waals surface area contributed by atoms with Crippen LogP contribution in [0.3, 0.4) is 0 Å². The number of sulfone groups is 1. The molecular formula is C22H21BrN4O5S. The number of carbonyl (C=O) groups is 1. The molecular weight excluding hydrogens is 512 g/mol. The van der Waals surface area contributed by atoms with Gasteiger partial charge in [-0.15, -0.1) is 10.2 Å². The number of para-hydroxylation sites is 1. The molecule has 1 heterocycles. The molecule has 9 nitrogen and oxygen atoms in total. The first kappa shape index (κ1) is 24.3. The van der Waals surface area contributed by atoms with Gasteiger partial charge in [-0.3, -0.25) is 0 Å². The summed E-state index contributed by atoms with van der Waals surface area (Å²) in [6, 6.07) is 13.4. The molecule has 0 aliphatic heterocycles. The Balaban J connectivity index is 2.18. The number of hydrogen-bond donors (Lipinski definition) is 2. The molecule has 172 valence electrons. The highest BCUT2D eigenvalue weighted by Gasteiger charge is 2.23. The zero-order valence-corrected chi connectivity index (χ0v) is 20.4.